The first-order chi connectivity index (χ1) is 11.6. The lowest BCUT2D eigenvalue weighted by atomic mass is 10.0. The molecular formula is C16H22FN3O5. The third-order valence-corrected chi connectivity index (χ3v) is 3.45. The van der Waals surface area contributed by atoms with Crippen LogP contribution < -0.4 is 16.0 Å². The Labute approximate surface area is 144 Å². The third kappa shape index (κ3) is 6.03. The quantitative estimate of drug-likeness (QED) is 0.499. The second kappa shape index (κ2) is 8.97. The molecule has 3 amide bonds. The van der Waals surface area contributed by atoms with Crippen molar-refractivity contribution in [3.05, 3.63) is 29.6 Å². The van der Waals surface area contributed by atoms with E-state index < -0.39 is 35.8 Å². The van der Waals surface area contributed by atoms with Gasteiger partial charge in [0.1, 0.15) is 17.9 Å². The predicted molar refractivity (Wildman–Crippen MR) is 88.3 cm³/mol. The van der Waals surface area contributed by atoms with Gasteiger partial charge in [-0.05, 0) is 30.5 Å². The Kier molecular flexibility index (Phi) is 7.31. The van der Waals surface area contributed by atoms with Gasteiger partial charge in [0, 0.05) is 0 Å². The van der Waals surface area contributed by atoms with Crippen LogP contribution in [0, 0.1) is 11.7 Å². The van der Waals surface area contributed by atoms with Crippen molar-refractivity contribution >= 4 is 23.6 Å². The summed E-state index contributed by atoms with van der Waals surface area (Å²) >= 11 is 0. The highest BCUT2D eigenvalue weighted by atomic mass is 19.1. The minimum Gasteiger partial charge on any atom is -0.465 e. The molecule has 1 aromatic carbocycles. The summed E-state index contributed by atoms with van der Waals surface area (Å²) in [5.74, 6) is -2.36. The van der Waals surface area contributed by atoms with Gasteiger partial charge in [-0.1, -0.05) is 19.9 Å². The van der Waals surface area contributed by atoms with Crippen LogP contribution in [0.2, 0.25) is 0 Å². The van der Waals surface area contributed by atoms with Crippen LogP contribution in [-0.2, 0) is 16.2 Å². The molecule has 0 aliphatic rings. The van der Waals surface area contributed by atoms with Gasteiger partial charge in [-0.3, -0.25) is 9.59 Å². The minimum atomic E-state index is -1.35. The number of hydrogen-bond acceptors (Lipinski definition) is 4. The molecule has 25 heavy (non-hydrogen) atoms. The molecule has 0 aromatic heterocycles. The van der Waals surface area contributed by atoms with Gasteiger partial charge in [-0.25, -0.2) is 9.18 Å². The molecule has 0 fully saturated rings. The third-order valence-electron chi connectivity index (χ3n) is 3.45. The molecule has 0 heterocycles. The number of benzene rings is 1. The molecule has 1 aromatic rings. The van der Waals surface area contributed by atoms with Gasteiger partial charge < -0.3 is 26.2 Å². The SMILES string of the molecule is CC(C)[C@H](NC(=O)O)C(=O)N[C@@H](C)C(=O)Nc1ccc(CO)cc1F. The summed E-state index contributed by atoms with van der Waals surface area (Å²) < 4.78 is 13.8. The molecule has 9 heteroatoms. The lowest BCUT2D eigenvalue weighted by Gasteiger charge is -2.22. The van der Waals surface area contributed by atoms with E-state index in [2.05, 4.69) is 16.0 Å². The molecule has 0 saturated carbocycles. The number of hydrogen-bond donors (Lipinski definition) is 5. The van der Waals surface area contributed by atoms with Crippen LogP contribution in [0.15, 0.2) is 18.2 Å². The van der Waals surface area contributed by atoms with E-state index in [1.807, 2.05) is 0 Å². The summed E-state index contributed by atoms with van der Waals surface area (Å²) in [5, 5.41) is 24.5. The molecule has 138 valence electrons. The maximum atomic E-state index is 13.8. The zero-order chi connectivity index (χ0) is 19.1. The van der Waals surface area contributed by atoms with Crippen LogP contribution in [0.25, 0.3) is 0 Å². The Balaban J connectivity index is 2.72. The molecule has 0 radical (unpaired) electrons. The van der Waals surface area contributed by atoms with Crippen LogP contribution in [0.4, 0.5) is 14.9 Å². The van der Waals surface area contributed by atoms with E-state index in [-0.39, 0.29) is 18.2 Å². The molecular weight excluding hydrogens is 333 g/mol. The standard InChI is InChI=1S/C16H22FN3O5/c1-8(2)13(20-16(24)25)15(23)18-9(3)14(22)19-12-5-4-10(7-21)6-11(12)17/h4-6,8-9,13,20-21H,7H2,1-3H3,(H,18,23)(H,19,22)(H,24,25)/t9-,13-/m0/s1. The van der Waals surface area contributed by atoms with Crippen molar-refractivity contribution in [2.75, 3.05) is 5.32 Å². The van der Waals surface area contributed by atoms with Crippen molar-refractivity contribution in [2.24, 2.45) is 5.92 Å². The van der Waals surface area contributed by atoms with Crippen LogP contribution in [0.1, 0.15) is 26.3 Å². The highest BCUT2D eigenvalue weighted by Crippen LogP contribution is 2.16. The number of carbonyl (C=O) groups is 3. The smallest absolute Gasteiger partial charge is 0.405 e. The Bertz CT molecular complexity index is 651. The fourth-order valence-corrected chi connectivity index (χ4v) is 2.04. The van der Waals surface area contributed by atoms with Gasteiger partial charge in [-0.2, -0.15) is 0 Å². The van der Waals surface area contributed by atoms with Crippen LogP contribution in [-0.4, -0.2) is 40.2 Å². The van der Waals surface area contributed by atoms with E-state index in [1.165, 1.54) is 19.1 Å². The average molecular weight is 355 g/mol. The molecule has 0 unspecified atom stereocenters. The average Bonchev–Trinajstić information content (AvgIpc) is 2.53. The first kappa shape index (κ1) is 20.4. The lowest BCUT2D eigenvalue weighted by Crippen LogP contribution is -2.53. The van der Waals surface area contributed by atoms with Crippen molar-refractivity contribution in [3.63, 3.8) is 0 Å². The van der Waals surface area contributed by atoms with Crippen LogP contribution >= 0.6 is 0 Å². The highest BCUT2D eigenvalue weighted by Gasteiger charge is 2.27. The van der Waals surface area contributed by atoms with Crippen molar-refractivity contribution in [2.45, 2.75) is 39.5 Å². The fourth-order valence-electron chi connectivity index (χ4n) is 2.04. The van der Waals surface area contributed by atoms with Crippen LogP contribution in [0.5, 0.6) is 0 Å². The Morgan fingerprint density at radius 2 is 1.76 bits per heavy atom. The minimum absolute atomic E-state index is 0.0904. The zero-order valence-corrected chi connectivity index (χ0v) is 14.2. The van der Waals surface area contributed by atoms with Gasteiger partial charge in [0.2, 0.25) is 11.8 Å². The monoisotopic (exact) mass is 355 g/mol. The van der Waals surface area contributed by atoms with E-state index >= 15 is 0 Å². The number of amides is 3. The number of anilines is 1. The Morgan fingerprint density at radius 3 is 2.24 bits per heavy atom. The second-order valence-electron chi connectivity index (χ2n) is 5.86. The molecule has 1 rings (SSSR count). The normalized spacial score (nSPS) is 13.0. The topological polar surface area (TPSA) is 128 Å². The van der Waals surface area contributed by atoms with Crippen molar-refractivity contribution < 1.29 is 29.0 Å². The maximum Gasteiger partial charge on any atom is 0.405 e. The lowest BCUT2D eigenvalue weighted by molar-refractivity contribution is -0.128. The van der Waals surface area contributed by atoms with Crippen molar-refractivity contribution in [3.8, 4) is 0 Å². The highest BCUT2D eigenvalue weighted by molar-refractivity contribution is 5.98. The summed E-state index contributed by atoms with van der Waals surface area (Å²) in [5.41, 5.74) is 0.267. The number of carbonyl (C=O) groups excluding carboxylic acids is 2. The molecule has 0 aliphatic carbocycles. The summed E-state index contributed by atoms with van der Waals surface area (Å²) in [6.07, 6.45) is -1.35. The van der Waals surface area contributed by atoms with Gasteiger partial charge in [0.25, 0.3) is 0 Å². The second-order valence-corrected chi connectivity index (χ2v) is 5.86. The largest absolute Gasteiger partial charge is 0.465 e. The zero-order valence-electron chi connectivity index (χ0n) is 14.2. The first-order valence-corrected chi connectivity index (χ1v) is 7.65. The molecule has 2 atom stereocenters. The molecule has 0 aliphatic heterocycles. The maximum absolute atomic E-state index is 13.8. The van der Waals surface area contributed by atoms with Gasteiger partial charge in [0.15, 0.2) is 0 Å². The molecule has 8 nitrogen and oxygen atoms in total. The van der Waals surface area contributed by atoms with Crippen LogP contribution in [0.3, 0.4) is 0 Å². The Morgan fingerprint density at radius 1 is 1.12 bits per heavy atom. The van der Waals surface area contributed by atoms with Crippen molar-refractivity contribution in [1.82, 2.24) is 10.6 Å². The molecule has 0 spiro atoms. The van der Waals surface area contributed by atoms with Gasteiger partial charge in [-0.15, -0.1) is 0 Å². The number of aliphatic hydroxyl groups excluding tert-OH is 1. The number of halogens is 1. The predicted octanol–water partition coefficient (Wildman–Crippen LogP) is 1.05. The summed E-state index contributed by atoms with van der Waals surface area (Å²) in [7, 11) is 0. The van der Waals surface area contributed by atoms with Crippen molar-refractivity contribution in [1.29, 1.82) is 0 Å². The molecule has 5 N–H and O–H groups in total. The summed E-state index contributed by atoms with van der Waals surface area (Å²) in [6.45, 7) is 4.38. The van der Waals surface area contributed by atoms with E-state index in [0.29, 0.717) is 5.56 Å². The number of nitrogens with one attached hydrogen (secondary N) is 3. The number of rotatable bonds is 7. The Hall–Kier alpha value is -2.68. The van der Waals surface area contributed by atoms with E-state index in [9.17, 15) is 18.8 Å². The molecule has 0 saturated heterocycles. The summed E-state index contributed by atoms with van der Waals surface area (Å²) in [6, 6.07) is 1.81. The fraction of sp³-hybridized carbons (Fsp3) is 0.438. The van der Waals surface area contributed by atoms with E-state index in [1.54, 1.807) is 13.8 Å². The first-order valence-electron chi connectivity index (χ1n) is 7.65. The van der Waals surface area contributed by atoms with Gasteiger partial charge >= 0.3 is 6.09 Å². The number of carboxylic acid groups (broad SMARTS) is 1. The molecule has 0 bridgehead atoms. The van der Waals surface area contributed by atoms with E-state index in [0.717, 1.165) is 6.07 Å². The van der Waals surface area contributed by atoms with E-state index in [4.69, 9.17) is 10.2 Å². The number of aliphatic hydroxyl groups is 1. The summed E-state index contributed by atoms with van der Waals surface area (Å²) in [4.78, 5) is 34.9. The van der Waals surface area contributed by atoms with Gasteiger partial charge in [0.05, 0.1) is 12.3 Å².